The molecule has 1 saturated carbocycles. The highest BCUT2D eigenvalue weighted by Crippen LogP contribution is 2.36. The smallest absolute Gasteiger partial charge is 0.329 e. The maximum Gasteiger partial charge on any atom is 0.329 e. The molecule has 30 heavy (non-hydrogen) atoms. The Bertz CT molecular complexity index is 1340. The Hall–Kier alpha value is -2.97. The van der Waals surface area contributed by atoms with Gasteiger partial charge in [-0.15, -0.1) is 0 Å². The van der Waals surface area contributed by atoms with Gasteiger partial charge < -0.3 is 9.47 Å². The van der Waals surface area contributed by atoms with E-state index in [0.29, 0.717) is 35.5 Å². The van der Waals surface area contributed by atoms with Gasteiger partial charge in [0.05, 0.1) is 47.9 Å². The molecule has 0 atom stereocenters. The third kappa shape index (κ3) is 2.95. The van der Waals surface area contributed by atoms with Gasteiger partial charge in [-0.2, -0.15) is 4.98 Å². The van der Waals surface area contributed by atoms with Crippen LogP contribution in [-0.4, -0.2) is 43.4 Å². The molecule has 1 aliphatic heterocycles. The predicted molar refractivity (Wildman–Crippen MR) is 111 cm³/mol. The lowest BCUT2D eigenvalue weighted by molar-refractivity contribution is -0.0807. The number of pyridine rings is 1. The normalized spacial score (nSPS) is 16.8. The zero-order valence-corrected chi connectivity index (χ0v) is 16.7. The first-order valence-electron chi connectivity index (χ1n) is 9.93. The Morgan fingerprint density at radius 3 is 2.80 bits per heavy atom. The van der Waals surface area contributed by atoms with Gasteiger partial charge in [0.1, 0.15) is 6.10 Å². The zero-order chi connectivity index (χ0) is 20.2. The van der Waals surface area contributed by atoms with Gasteiger partial charge in [0.15, 0.2) is 5.82 Å². The molecule has 0 N–H and O–H groups in total. The highest BCUT2D eigenvalue weighted by Gasteiger charge is 2.29. The SMILES string of the molecule is O=c1n(Cc2nc(OC3COC3)c3ccc(Cl)cc3n2)c2cnccc2n1C1CC1. The van der Waals surface area contributed by atoms with E-state index in [0.717, 1.165) is 29.3 Å². The van der Waals surface area contributed by atoms with E-state index in [1.807, 2.05) is 16.7 Å². The number of halogens is 1. The van der Waals surface area contributed by atoms with E-state index in [1.54, 1.807) is 29.1 Å². The molecular weight excluding hydrogens is 406 g/mol. The van der Waals surface area contributed by atoms with Gasteiger partial charge in [0.25, 0.3) is 0 Å². The van der Waals surface area contributed by atoms with Crippen LogP contribution < -0.4 is 10.4 Å². The molecule has 0 radical (unpaired) electrons. The van der Waals surface area contributed by atoms with Crippen LogP contribution in [0.5, 0.6) is 5.88 Å². The van der Waals surface area contributed by atoms with Gasteiger partial charge in [-0.05, 0) is 37.1 Å². The number of hydrogen-bond acceptors (Lipinski definition) is 6. The van der Waals surface area contributed by atoms with Gasteiger partial charge in [0, 0.05) is 17.3 Å². The molecule has 2 fully saturated rings. The van der Waals surface area contributed by atoms with Crippen LogP contribution in [0, 0.1) is 0 Å². The standard InChI is InChI=1S/C21H18ClN5O3/c22-12-1-4-15-16(7-12)24-19(25-20(15)30-14-10-29-11-14)9-26-18-8-23-6-5-17(18)27(21(26)28)13-2-3-13/h1,4-8,13-14H,2-3,9-11H2. The van der Waals surface area contributed by atoms with Crippen LogP contribution in [0.4, 0.5) is 0 Å². The van der Waals surface area contributed by atoms with Crippen LogP contribution >= 0.6 is 11.6 Å². The highest BCUT2D eigenvalue weighted by molar-refractivity contribution is 6.31. The van der Waals surface area contributed by atoms with Crippen molar-refractivity contribution in [1.82, 2.24) is 24.1 Å². The fourth-order valence-corrected chi connectivity index (χ4v) is 3.99. The van der Waals surface area contributed by atoms with E-state index >= 15 is 0 Å². The zero-order valence-electron chi connectivity index (χ0n) is 16.0. The van der Waals surface area contributed by atoms with Gasteiger partial charge in [-0.25, -0.2) is 9.78 Å². The van der Waals surface area contributed by atoms with Crippen molar-refractivity contribution >= 4 is 33.5 Å². The second-order valence-electron chi connectivity index (χ2n) is 7.72. The Morgan fingerprint density at radius 2 is 2.03 bits per heavy atom. The van der Waals surface area contributed by atoms with Crippen molar-refractivity contribution in [2.45, 2.75) is 31.5 Å². The van der Waals surface area contributed by atoms with Gasteiger partial charge in [-0.3, -0.25) is 14.1 Å². The summed E-state index contributed by atoms with van der Waals surface area (Å²) in [6, 6.07) is 7.57. The number of rotatable bonds is 5. The summed E-state index contributed by atoms with van der Waals surface area (Å²) in [5, 5.41) is 1.36. The first-order chi connectivity index (χ1) is 14.7. The molecule has 0 bridgehead atoms. The van der Waals surface area contributed by atoms with Gasteiger partial charge >= 0.3 is 5.69 Å². The monoisotopic (exact) mass is 423 g/mol. The molecule has 4 heterocycles. The minimum absolute atomic E-state index is 0.0321. The van der Waals surface area contributed by atoms with Crippen molar-refractivity contribution in [2.75, 3.05) is 13.2 Å². The van der Waals surface area contributed by atoms with Crippen molar-refractivity contribution in [3.8, 4) is 5.88 Å². The summed E-state index contributed by atoms with van der Waals surface area (Å²) in [6.45, 7) is 1.30. The summed E-state index contributed by atoms with van der Waals surface area (Å²) in [6.07, 6.45) is 5.44. The molecule has 0 unspecified atom stereocenters. The van der Waals surface area contributed by atoms with Crippen molar-refractivity contribution in [2.24, 2.45) is 0 Å². The molecule has 0 amide bonds. The fraction of sp³-hybridized carbons (Fsp3) is 0.333. The Morgan fingerprint density at radius 1 is 1.17 bits per heavy atom. The minimum Gasteiger partial charge on any atom is -0.469 e. The summed E-state index contributed by atoms with van der Waals surface area (Å²) < 4.78 is 14.8. The van der Waals surface area contributed by atoms with Crippen LogP contribution in [0.1, 0.15) is 24.7 Å². The largest absolute Gasteiger partial charge is 0.469 e. The first-order valence-corrected chi connectivity index (χ1v) is 10.3. The van der Waals surface area contributed by atoms with E-state index in [4.69, 9.17) is 21.1 Å². The predicted octanol–water partition coefficient (Wildman–Crippen LogP) is 2.96. The summed E-state index contributed by atoms with van der Waals surface area (Å²) in [5.74, 6) is 0.970. The summed E-state index contributed by atoms with van der Waals surface area (Å²) in [5.41, 5.74) is 2.29. The van der Waals surface area contributed by atoms with Gasteiger partial charge in [0.2, 0.25) is 5.88 Å². The van der Waals surface area contributed by atoms with E-state index in [9.17, 15) is 4.79 Å². The number of nitrogens with zero attached hydrogens (tertiary/aromatic N) is 5. The van der Waals surface area contributed by atoms with E-state index in [1.165, 1.54) is 0 Å². The van der Waals surface area contributed by atoms with Gasteiger partial charge in [-0.1, -0.05) is 11.6 Å². The number of aromatic nitrogens is 5. The maximum absolute atomic E-state index is 13.2. The number of benzene rings is 1. The molecule has 152 valence electrons. The first kappa shape index (κ1) is 17.9. The van der Waals surface area contributed by atoms with Crippen LogP contribution in [0.15, 0.2) is 41.5 Å². The molecule has 6 rings (SSSR count). The molecule has 9 heteroatoms. The van der Waals surface area contributed by atoms with Crippen molar-refractivity contribution in [3.05, 3.63) is 58.0 Å². The van der Waals surface area contributed by atoms with Crippen LogP contribution in [0.3, 0.4) is 0 Å². The fourth-order valence-electron chi connectivity index (χ4n) is 3.83. The molecule has 3 aromatic heterocycles. The van der Waals surface area contributed by atoms with Crippen LogP contribution in [0.2, 0.25) is 5.02 Å². The third-order valence-electron chi connectivity index (χ3n) is 5.53. The molecule has 8 nitrogen and oxygen atoms in total. The Labute approximate surface area is 176 Å². The van der Waals surface area contributed by atoms with Crippen molar-refractivity contribution in [1.29, 1.82) is 0 Å². The Balaban J connectivity index is 1.48. The van der Waals surface area contributed by atoms with Crippen molar-refractivity contribution < 1.29 is 9.47 Å². The number of imidazole rings is 1. The summed E-state index contributed by atoms with van der Waals surface area (Å²) in [7, 11) is 0. The molecule has 0 spiro atoms. The third-order valence-corrected chi connectivity index (χ3v) is 5.77. The number of ether oxygens (including phenoxy) is 2. The second kappa shape index (κ2) is 6.78. The molecule has 2 aliphatic rings. The molecule has 1 aliphatic carbocycles. The average molecular weight is 424 g/mol. The molecule has 4 aromatic rings. The number of hydrogen-bond donors (Lipinski definition) is 0. The summed E-state index contributed by atoms with van der Waals surface area (Å²) >= 11 is 6.19. The Kier molecular flexibility index (Phi) is 4.04. The van der Waals surface area contributed by atoms with E-state index in [2.05, 4.69) is 15.0 Å². The number of fused-ring (bicyclic) bond motifs is 2. The van der Waals surface area contributed by atoms with E-state index < -0.39 is 0 Å². The lowest BCUT2D eigenvalue weighted by Gasteiger charge is -2.26. The van der Waals surface area contributed by atoms with Crippen LogP contribution in [-0.2, 0) is 11.3 Å². The van der Waals surface area contributed by atoms with Crippen LogP contribution in [0.25, 0.3) is 21.9 Å². The molecule has 1 aromatic carbocycles. The quantitative estimate of drug-likeness (QED) is 0.490. The topological polar surface area (TPSA) is 84.1 Å². The molecule has 1 saturated heterocycles. The lowest BCUT2D eigenvalue weighted by atomic mass is 10.2. The highest BCUT2D eigenvalue weighted by atomic mass is 35.5. The summed E-state index contributed by atoms with van der Waals surface area (Å²) in [4.78, 5) is 26.7. The van der Waals surface area contributed by atoms with E-state index in [-0.39, 0.29) is 24.4 Å². The average Bonchev–Trinajstić information content (AvgIpc) is 3.50. The lowest BCUT2D eigenvalue weighted by Crippen LogP contribution is -2.38. The van der Waals surface area contributed by atoms with Crippen molar-refractivity contribution in [3.63, 3.8) is 0 Å². The minimum atomic E-state index is -0.0647. The maximum atomic E-state index is 13.2. The molecular formula is C21H18ClN5O3. The second-order valence-corrected chi connectivity index (χ2v) is 8.15.